The highest BCUT2D eigenvalue weighted by atomic mass is 16.6. The summed E-state index contributed by atoms with van der Waals surface area (Å²) in [5.74, 6) is 0. The molecule has 0 fully saturated rings. The highest BCUT2D eigenvalue weighted by Crippen LogP contribution is 2.33. The van der Waals surface area contributed by atoms with Crippen LogP contribution in [0.3, 0.4) is 0 Å². The van der Waals surface area contributed by atoms with Crippen molar-refractivity contribution in [2.45, 2.75) is 0 Å². The van der Waals surface area contributed by atoms with Crippen molar-refractivity contribution >= 4 is 23.3 Å². The fourth-order valence-corrected chi connectivity index (χ4v) is 3.95. The van der Waals surface area contributed by atoms with Gasteiger partial charge in [0.15, 0.2) is 0 Å². The van der Waals surface area contributed by atoms with Crippen LogP contribution in [-0.4, -0.2) is 79.3 Å². The molecule has 6 nitrogen and oxygen atoms in total. The van der Waals surface area contributed by atoms with Crippen LogP contribution in [0, 0.1) is 0 Å². The summed E-state index contributed by atoms with van der Waals surface area (Å²) < 4.78 is 34.4. The van der Waals surface area contributed by atoms with E-state index >= 15 is 0 Å². The molecular formula is C28H34O6. The SMILES string of the molecule is C1=C2/COCCOCCOCCOCCOCCOC/C(=C/c3ccccc3/1)c1ccccc12. The lowest BCUT2D eigenvalue weighted by atomic mass is 9.89. The maximum absolute atomic E-state index is 6.02. The summed E-state index contributed by atoms with van der Waals surface area (Å²) in [6.45, 7) is 6.38. The van der Waals surface area contributed by atoms with Crippen LogP contribution in [0.5, 0.6) is 0 Å². The number of hydrogen-bond donors (Lipinski definition) is 0. The molecule has 1 aliphatic heterocycles. The third-order valence-corrected chi connectivity index (χ3v) is 5.65. The maximum atomic E-state index is 6.02. The molecular weight excluding hydrogens is 432 g/mol. The van der Waals surface area contributed by atoms with Crippen molar-refractivity contribution in [3.8, 4) is 0 Å². The molecule has 0 atom stereocenters. The van der Waals surface area contributed by atoms with Crippen molar-refractivity contribution in [3.63, 3.8) is 0 Å². The van der Waals surface area contributed by atoms with Crippen LogP contribution >= 0.6 is 0 Å². The van der Waals surface area contributed by atoms with Crippen LogP contribution in [0.1, 0.15) is 22.3 Å². The monoisotopic (exact) mass is 466 g/mol. The first-order chi connectivity index (χ1) is 16.9. The molecule has 1 heterocycles. The minimum Gasteiger partial charge on any atom is -0.377 e. The Morgan fingerprint density at radius 1 is 0.382 bits per heavy atom. The molecule has 2 bridgehead atoms. The predicted molar refractivity (Wildman–Crippen MR) is 134 cm³/mol. The Balaban J connectivity index is 1.53. The molecule has 0 amide bonds. The second kappa shape index (κ2) is 14.2. The molecule has 1 aliphatic carbocycles. The molecule has 6 heteroatoms. The van der Waals surface area contributed by atoms with E-state index in [4.69, 9.17) is 28.4 Å². The first kappa shape index (κ1) is 24.8. The van der Waals surface area contributed by atoms with Crippen molar-refractivity contribution in [3.05, 3.63) is 70.8 Å². The molecule has 0 aromatic heterocycles. The van der Waals surface area contributed by atoms with Gasteiger partial charge in [0.2, 0.25) is 0 Å². The van der Waals surface area contributed by atoms with Gasteiger partial charge in [0.25, 0.3) is 0 Å². The lowest BCUT2D eigenvalue weighted by Gasteiger charge is -2.20. The Labute approximate surface area is 202 Å². The second-order valence-corrected chi connectivity index (χ2v) is 8.07. The number of ether oxygens (including phenoxy) is 6. The molecule has 0 saturated carbocycles. The lowest BCUT2D eigenvalue weighted by molar-refractivity contribution is -0.0142. The van der Waals surface area contributed by atoms with E-state index in [0.717, 1.165) is 22.3 Å². The number of rotatable bonds is 0. The summed E-state index contributed by atoms with van der Waals surface area (Å²) in [5, 5.41) is 0. The second-order valence-electron chi connectivity index (χ2n) is 8.07. The zero-order valence-electron chi connectivity index (χ0n) is 19.7. The van der Waals surface area contributed by atoms with Gasteiger partial charge in [-0.1, -0.05) is 48.5 Å². The summed E-state index contributed by atoms with van der Waals surface area (Å²) in [7, 11) is 0. The van der Waals surface area contributed by atoms with Crippen LogP contribution in [-0.2, 0) is 28.4 Å². The predicted octanol–water partition coefficient (Wildman–Crippen LogP) is 4.19. The lowest BCUT2D eigenvalue weighted by Crippen LogP contribution is -2.15. The van der Waals surface area contributed by atoms with Crippen molar-refractivity contribution in [2.24, 2.45) is 0 Å². The molecule has 0 radical (unpaired) electrons. The van der Waals surface area contributed by atoms with E-state index in [9.17, 15) is 0 Å². The zero-order valence-corrected chi connectivity index (χ0v) is 19.7. The van der Waals surface area contributed by atoms with Crippen molar-refractivity contribution in [1.29, 1.82) is 0 Å². The summed E-state index contributed by atoms with van der Waals surface area (Å²) >= 11 is 0. The number of benzene rings is 2. The Hall–Kier alpha value is -2.32. The van der Waals surface area contributed by atoms with Gasteiger partial charge in [0.05, 0.1) is 79.3 Å². The van der Waals surface area contributed by atoms with E-state index in [1.165, 1.54) is 11.1 Å². The van der Waals surface area contributed by atoms with Gasteiger partial charge in [0, 0.05) is 0 Å². The summed E-state index contributed by atoms with van der Waals surface area (Å²) in [4.78, 5) is 0. The Bertz CT molecular complexity index is 875. The largest absolute Gasteiger partial charge is 0.377 e. The first-order valence-electron chi connectivity index (χ1n) is 12.0. The third-order valence-electron chi connectivity index (χ3n) is 5.65. The van der Waals surface area contributed by atoms with Crippen molar-refractivity contribution in [1.82, 2.24) is 0 Å². The molecule has 0 spiro atoms. The first-order valence-corrected chi connectivity index (χ1v) is 12.0. The van der Waals surface area contributed by atoms with E-state index in [1.54, 1.807) is 0 Å². The molecule has 0 unspecified atom stereocenters. The van der Waals surface area contributed by atoms with Crippen LogP contribution in [0.15, 0.2) is 48.5 Å². The molecule has 2 aromatic carbocycles. The fraction of sp³-hybridized carbons (Fsp3) is 0.429. The normalized spacial score (nSPS) is 22.8. The average Bonchev–Trinajstić information content (AvgIpc) is 2.86. The van der Waals surface area contributed by atoms with Gasteiger partial charge in [-0.05, 0) is 45.6 Å². The standard InChI is InChI=1S/C28H34O6/c1-2-6-24-20-26-22-34-18-16-32-14-12-30-10-9-29-11-13-31-15-17-33-21-25(19-23(24)5-1)27-7-3-4-8-28(26)27/h1-8,19-20H,9-18,21-22H2/b23-19?,24-20?,25-19-,26-20-,27-25?,28-26?. The quantitative estimate of drug-likeness (QED) is 0.580. The van der Waals surface area contributed by atoms with Crippen molar-refractivity contribution < 1.29 is 28.4 Å². The summed E-state index contributed by atoms with van der Waals surface area (Å²) in [6, 6.07) is 16.9. The van der Waals surface area contributed by atoms with Gasteiger partial charge in [-0.2, -0.15) is 0 Å². The fourth-order valence-electron chi connectivity index (χ4n) is 3.95. The molecule has 0 saturated heterocycles. The highest BCUT2D eigenvalue weighted by Gasteiger charge is 2.16. The minimum atomic E-state index is 0.504. The topological polar surface area (TPSA) is 55.4 Å². The minimum absolute atomic E-state index is 0.504. The van der Waals surface area contributed by atoms with Gasteiger partial charge in [-0.15, -0.1) is 0 Å². The van der Waals surface area contributed by atoms with E-state index < -0.39 is 0 Å². The van der Waals surface area contributed by atoms with E-state index in [1.807, 2.05) is 0 Å². The Morgan fingerprint density at radius 3 is 1.09 bits per heavy atom. The highest BCUT2D eigenvalue weighted by molar-refractivity contribution is 5.96. The van der Waals surface area contributed by atoms with Crippen LogP contribution < -0.4 is 0 Å². The number of fused-ring (bicyclic) bond motifs is 1. The van der Waals surface area contributed by atoms with E-state index in [2.05, 4.69) is 60.7 Å². The molecule has 4 rings (SSSR count). The Morgan fingerprint density at radius 2 is 0.706 bits per heavy atom. The maximum Gasteiger partial charge on any atom is 0.0724 e. The molecule has 2 aliphatic rings. The van der Waals surface area contributed by atoms with Gasteiger partial charge in [0.1, 0.15) is 0 Å². The van der Waals surface area contributed by atoms with E-state index in [-0.39, 0.29) is 0 Å². The smallest absolute Gasteiger partial charge is 0.0724 e. The van der Waals surface area contributed by atoms with Gasteiger partial charge < -0.3 is 28.4 Å². The van der Waals surface area contributed by atoms with E-state index in [0.29, 0.717) is 79.3 Å². The van der Waals surface area contributed by atoms with Gasteiger partial charge >= 0.3 is 0 Å². The Kier molecular flexibility index (Phi) is 10.3. The zero-order chi connectivity index (χ0) is 23.3. The molecule has 34 heavy (non-hydrogen) atoms. The average molecular weight is 467 g/mol. The summed E-state index contributed by atoms with van der Waals surface area (Å²) in [6.07, 6.45) is 4.46. The van der Waals surface area contributed by atoms with Crippen LogP contribution in [0.4, 0.5) is 0 Å². The molecule has 2 aromatic rings. The number of hydrogen-bond acceptors (Lipinski definition) is 6. The van der Waals surface area contributed by atoms with Gasteiger partial charge in [-0.25, -0.2) is 0 Å². The van der Waals surface area contributed by atoms with Crippen LogP contribution in [0.2, 0.25) is 0 Å². The molecule has 182 valence electrons. The van der Waals surface area contributed by atoms with Crippen LogP contribution in [0.25, 0.3) is 23.3 Å². The third kappa shape index (κ3) is 7.60. The van der Waals surface area contributed by atoms with Gasteiger partial charge in [-0.3, -0.25) is 0 Å². The van der Waals surface area contributed by atoms with Crippen molar-refractivity contribution in [2.75, 3.05) is 79.3 Å². The molecule has 0 N–H and O–H groups in total. The summed E-state index contributed by atoms with van der Waals surface area (Å²) in [5.41, 5.74) is 6.94.